The number of nitrogens with two attached hydrogens (primary N) is 1. The number of morpholine rings is 1. The van der Waals surface area contributed by atoms with Crippen molar-refractivity contribution in [3.05, 3.63) is 59.0 Å². The first-order valence-corrected chi connectivity index (χ1v) is 9.93. The zero-order valence-corrected chi connectivity index (χ0v) is 16.8. The van der Waals surface area contributed by atoms with Gasteiger partial charge in [0.2, 0.25) is 0 Å². The second-order valence-corrected chi connectivity index (χ2v) is 6.84. The third-order valence-electron chi connectivity index (χ3n) is 4.70. The maximum atomic E-state index is 11.2. The molecule has 0 saturated carbocycles. The molecule has 29 heavy (non-hydrogen) atoms. The molecule has 2 aromatic rings. The van der Waals surface area contributed by atoms with Gasteiger partial charge in [-0.15, -0.1) is 0 Å². The molecule has 1 amide bonds. The number of carbonyl (C=O) groups excluding carboxylic acids is 1. The number of guanidine groups is 1. The van der Waals surface area contributed by atoms with Gasteiger partial charge < -0.3 is 25.5 Å². The molecule has 8 heteroatoms. The first-order valence-electron chi connectivity index (χ1n) is 9.93. The van der Waals surface area contributed by atoms with Crippen molar-refractivity contribution in [3.63, 3.8) is 0 Å². The Balaban J connectivity index is 1.62. The Morgan fingerprint density at radius 3 is 2.59 bits per heavy atom. The maximum Gasteiger partial charge on any atom is 0.284 e. The zero-order valence-electron chi connectivity index (χ0n) is 16.8. The summed E-state index contributed by atoms with van der Waals surface area (Å²) in [6.07, 6.45) is 0. The highest BCUT2D eigenvalue weighted by molar-refractivity contribution is 5.89. The van der Waals surface area contributed by atoms with Crippen LogP contribution in [0.3, 0.4) is 0 Å². The van der Waals surface area contributed by atoms with E-state index >= 15 is 0 Å². The van der Waals surface area contributed by atoms with Gasteiger partial charge in [0, 0.05) is 26.2 Å². The first kappa shape index (κ1) is 20.9. The average Bonchev–Trinajstić information content (AvgIpc) is 3.21. The van der Waals surface area contributed by atoms with E-state index in [4.69, 9.17) is 19.9 Å². The second-order valence-electron chi connectivity index (χ2n) is 6.84. The molecule has 1 aromatic heterocycles. The fourth-order valence-corrected chi connectivity index (χ4v) is 3.15. The van der Waals surface area contributed by atoms with Crippen molar-refractivity contribution in [1.82, 2.24) is 15.5 Å². The molecular weight excluding hydrogens is 370 g/mol. The van der Waals surface area contributed by atoms with Crippen LogP contribution in [0.2, 0.25) is 0 Å². The molecule has 0 aliphatic carbocycles. The lowest BCUT2D eigenvalue weighted by Crippen LogP contribution is -2.37. The molecule has 0 spiro atoms. The predicted octanol–water partition coefficient (Wildman–Crippen LogP) is 1.47. The Morgan fingerprint density at radius 2 is 1.90 bits per heavy atom. The van der Waals surface area contributed by atoms with E-state index in [1.54, 1.807) is 12.1 Å². The van der Waals surface area contributed by atoms with E-state index in [-0.39, 0.29) is 5.76 Å². The van der Waals surface area contributed by atoms with Crippen molar-refractivity contribution in [2.45, 2.75) is 26.6 Å². The van der Waals surface area contributed by atoms with Gasteiger partial charge in [0.1, 0.15) is 5.76 Å². The molecular formula is C21H29N5O3. The fraction of sp³-hybridized carbons (Fsp3) is 0.429. The van der Waals surface area contributed by atoms with Gasteiger partial charge in [-0.25, -0.2) is 4.99 Å². The molecule has 4 N–H and O–H groups in total. The van der Waals surface area contributed by atoms with E-state index < -0.39 is 5.91 Å². The highest BCUT2D eigenvalue weighted by Gasteiger charge is 2.13. The lowest BCUT2D eigenvalue weighted by Gasteiger charge is -2.27. The topological polar surface area (TPSA) is 105 Å². The first-order chi connectivity index (χ1) is 14.2. The smallest absolute Gasteiger partial charge is 0.284 e. The van der Waals surface area contributed by atoms with Gasteiger partial charge in [-0.1, -0.05) is 24.3 Å². The van der Waals surface area contributed by atoms with Crippen LogP contribution >= 0.6 is 0 Å². The van der Waals surface area contributed by atoms with Crippen LogP contribution in [-0.4, -0.2) is 49.6 Å². The molecule has 0 radical (unpaired) electrons. The minimum absolute atomic E-state index is 0.153. The third kappa shape index (κ3) is 6.33. The summed E-state index contributed by atoms with van der Waals surface area (Å²) in [6.45, 7) is 8.14. The summed E-state index contributed by atoms with van der Waals surface area (Å²) in [7, 11) is 0. The Labute approximate surface area is 171 Å². The SMILES string of the molecule is CCNC(=NCc1ccccc1CN1CCOCC1)NCc1ccc(C(N)=O)o1. The molecule has 2 heterocycles. The molecule has 1 saturated heterocycles. The van der Waals surface area contributed by atoms with Crippen LogP contribution in [0, 0.1) is 0 Å². The highest BCUT2D eigenvalue weighted by atomic mass is 16.5. The fourth-order valence-electron chi connectivity index (χ4n) is 3.15. The molecule has 1 aromatic carbocycles. The number of amides is 1. The van der Waals surface area contributed by atoms with Gasteiger partial charge in [0.05, 0.1) is 26.3 Å². The van der Waals surface area contributed by atoms with Crippen LogP contribution in [-0.2, 0) is 24.4 Å². The Bertz CT molecular complexity index is 827. The number of hydrogen-bond acceptors (Lipinski definition) is 5. The average molecular weight is 399 g/mol. The standard InChI is InChI=1S/C21H29N5O3/c1-2-23-21(25-14-18-7-8-19(29-18)20(22)27)24-13-16-5-3-4-6-17(16)15-26-9-11-28-12-10-26/h3-8H,2,9-15H2,1H3,(H2,22,27)(H2,23,24,25). The Morgan fingerprint density at radius 1 is 1.14 bits per heavy atom. The summed E-state index contributed by atoms with van der Waals surface area (Å²) in [6, 6.07) is 11.7. The van der Waals surface area contributed by atoms with Crippen molar-refractivity contribution in [3.8, 4) is 0 Å². The predicted molar refractivity (Wildman–Crippen MR) is 111 cm³/mol. The molecule has 0 unspecified atom stereocenters. The van der Waals surface area contributed by atoms with Gasteiger partial charge in [-0.2, -0.15) is 0 Å². The van der Waals surface area contributed by atoms with E-state index in [2.05, 4.69) is 33.7 Å². The number of primary amides is 1. The lowest BCUT2D eigenvalue weighted by molar-refractivity contribution is 0.0341. The van der Waals surface area contributed by atoms with Gasteiger partial charge in [-0.05, 0) is 30.2 Å². The summed E-state index contributed by atoms with van der Waals surface area (Å²) in [5.74, 6) is 0.886. The van der Waals surface area contributed by atoms with E-state index in [9.17, 15) is 4.79 Å². The summed E-state index contributed by atoms with van der Waals surface area (Å²) in [5, 5.41) is 6.46. The summed E-state index contributed by atoms with van der Waals surface area (Å²) in [4.78, 5) is 18.3. The molecule has 3 rings (SSSR count). The van der Waals surface area contributed by atoms with Crippen LogP contribution in [0.25, 0.3) is 0 Å². The van der Waals surface area contributed by atoms with Crippen LogP contribution in [0.5, 0.6) is 0 Å². The quantitative estimate of drug-likeness (QED) is 0.459. The van der Waals surface area contributed by atoms with Crippen LogP contribution in [0.1, 0.15) is 34.4 Å². The van der Waals surface area contributed by atoms with E-state index in [0.717, 1.165) is 39.4 Å². The third-order valence-corrected chi connectivity index (χ3v) is 4.70. The van der Waals surface area contributed by atoms with Crippen molar-refractivity contribution in [1.29, 1.82) is 0 Å². The minimum atomic E-state index is -0.575. The van der Waals surface area contributed by atoms with Crippen molar-refractivity contribution >= 4 is 11.9 Å². The second kappa shape index (κ2) is 10.6. The van der Waals surface area contributed by atoms with E-state index in [1.807, 2.05) is 13.0 Å². The van der Waals surface area contributed by atoms with Gasteiger partial charge in [0.15, 0.2) is 11.7 Å². The Hall–Kier alpha value is -2.84. The van der Waals surface area contributed by atoms with Gasteiger partial charge >= 0.3 is 0 Å². The minimum Gasteiger partial charge on any atom is -0.454 e. The number of nitrogens with one attached hydrogen (secondary N) is 2. The van der Waals surface area contributed by atoms with E-state index in [0.29, 0.717) is 24.8 Å². The van der Waals surface area contributed by atoms with Crippen LogP contribution in [0.4, 0.5) is 0 Å². The van der Waals surface area contributed by atoms with E-state index in [1.165, 1.54) is 11.1 Å². The summed E-state index contributed by atoms with van der Waals surface area (Å²) >= 11 is 0. The normalized spacial score (nSPS) is 15.3. The monoisotopic (exact) mass is 399 g/mol. The van der Waals surface area contributed by atoms with Crippen LogP contribution < -0.4 is 16.4 Å². The number of hydrogen-bond donors (Lipinski definition) is 3. The van der Waals surface area contributed by atoms with Crippen LogP contribution in [0.15, 0.2) is 45.8 Å². The molecule has 156 valence electrons. The summed E-state index contributed by atoms with van der Waals surface area (Å²) in [5.41, 5.74) is 7.71. The highest BCUT2D eigenvalue weighted by Crippen LogP contribution is 2.14. The number of rotatable bonds is 8. The molecule has 0 atom stereocenters. The Kier molecular flexibility index (Phi) is 7.66. The molecule has 0 bridgehead atoms. The van der Waals surface area contributed by atoms with Gasteiger partial charge in [0.25, 0.3) is 5.91 Å². The number of benzene rings is 1. The molecule has 8 nitrogen and oxygen atoms in total. The number of ether oxygens (including phenoxy) is 1. The zero-order chi connectivity index (χ0) is 20.5. The number of nitrogens with zero attached hydrogens (tertiary/aromatic N) is 2. The van der Waals surface area contributed by atoms with Crippen molar-refractivity contribution in [2.75, 3.05) is 32.8 Å². The van der Waals surface area contributed by atoms with Crippen molar-refractivity contribution < 1.29 is 13.9 Å². The maximum absolute atomic E-state index is 11.2. The number of carbonyl (C=O) groups is 1. The number of furan rings is 1. The molecule has 1 aliphatic rings. The summed E-state index contributed by atoms with van der Waals surface area (Å²) < 4.78 is 10.8. The lowest BCUT2D eigenvalue weighted by atomic mass is 10.1. The number of aliphatic imine (C=N–C) groups is 1. The van der Waals surface area contributed by atoms with Gasteiger partial charge in [-0.3, -0.25) is 9.69 Å². The van der Waals surface area contributed by atoms with Crippen molar-refractivity contribution in [2.24, 2.45) is 10.7 Å². The molecule has 1 aliphatic heterocycles. The largest absolute Gasteiger partial charge is 0.454 e. The molecule has 1 fully saturated rings.